The molecule has 1 aromatic carbocycles. The van der Waals surface area contributed by atoms with Crippen molar-refractivity contribution < 1.29 is 13.2 Å². The molecule has 2 aromatic rings. The first-order valence-electron chi connectivity index (χ1n) is 8.14. The van der Waals surface area contributed by atoms with Gasteiger partial charge in [0.2, 0.25) is 5.91 Å². The van der Waals surface area contributed by atoms with Crippen molar-refractivity contribution >= 4 is 38.9 Å². The highest BCUT2D eigenvalue weighted by Gasteiger charge is 2.34. The smallest absolute Gasteiger partial charge is 0.252 e. The molecule has 2 heterocycles. The lowest BCUT2D eigenvalue weighted by atomic mass is 10.0. The van der Waals surface area contributed by atoms with Crippen LogP contribution in [0.1, 0.15) is 16.5 Å². The van der Waals surface area contributed by atoms with Crippen molar-refractivity contribution in [1.82, 2.24) is 9.21 Å². The Bertz CT molecular complexity index is 888. The molecule has 1 saturated heterocycles. The summed E-state index contributed by atoms with van der Waals surface area (Å²) in [5.41, 5.74) is 6.36. The van der Waals surface area contributed by atoms with Crippen LogP contribution in [0.25, 0.3) is 0 Å². The molecule has 140 valence electrons. The van der Waals surface area contributed by atoms with E-state index in [2.05, 4.69) is 0 Å². The number of thiophene rings is 1. The average Bonchev–Trinajstić information content (AvgIpc) is 3.04. The van der Waals surface area contributed by atoms with E-state index >= 15 is 0 Å². The number of hydrogen-bond donors (Lipinski definition) is 1. The third-order valence-corrected chi connectivity index (χ3v) is 8.02. The van der Waals surface area contributed by atoms with Crippen LogP contribution in [0.5, 0.6) is 0 Å². The highest BCUT2D eigenvalue weighted by molar-refractivity contribution is 7.91. The predicted octanol–water partition coefficient (Wildman–Crippen LogP) is 2.24. The molecular weight excluding hydrogens is 394 g/mol. The maximum absolute atomic E-state index is 12.7. The van der Waals surface area contributed by atoms with Gasteiger partial charge in [0.25, 0.3) is 10.0 Å². The van der Waals surface area contributed by atoms with Gasteiger partial charge in [-0.2, -0.15) is 4.31 Å². The Morgan fingerprint density at radius 1 is 1.12 bits per heavy atom. The number of hydrogen-bond acceptors (Lipinski definition) is 5. The normalized spacial score (nSPS) is 17.9. The lowest BCUT2D eigenvalue weighted by Gasteiger charge is -2.37. The number of amides is 1. The number of aryl methyl sites for hydroxylation is 1. The van der Waals surface area contributed by atoms with Crippen LogP contribution in [0.15, 0.2) is 40.6 Å². The highest BCUT2D eigenvalue weighted by Crippen LogP contribution is 2.28. The Morgan fingerprint density at radius 2 is 1.73 bits per heavy atom. The van der Waals surface area contributed by atoms with Gasteiger partial charge in [-0.1, -0.05) is 23.7 Å². The molecule has 1 amide bonds. The van der Waals surface area contributed by atoms with Crippen LogP contribution in [0.2, 0.25) is 5.02 Å². The van der Waals surface area contributed by atoms with Crippen molar-refractivity contribution in [2.45, 2.75) is 17.2 Å². The molecule has 26 heavy (non-hydrogen) atoms. The summed E-state index contributed by atoms with van der Waals surface area (Å²) in [5.74, 6) is -0.461. The SMILES string of the molecule is Cc1ccc(S(=O)(=O)N2CCN(C(C(N)=O)c3ccc(Cl)cc3)CC2)s1. The zero-order valence-electron chi connectivity index (χ0n) is 14.3. The summed E-state index contributed by atoms with van der Waals surface area (Å²) < 4.78 is 27.3. The number of nitrogens with zero attached hydrogens (tertiary/aromatic N) is 2. The Kier molecular flexibility index (Phi) is 5.69. The first-order valence-corrected chi connectivity index (χ1v) is 10.8. The van der Waals surface area contributed by atoms with Crippen LogP contribution in [0.3, 0.4) is 0 Å². The highest BCUT2D eigenvalue weighted by atomic mass is 35.5. The number of sulfonamides is 1. The van der Waals surface area contributed by atoms with Crippen molar-refractivity contribution in [3.63, 3.8) is 0 Å². The Hall–Kier alpha value is -1.45. The van der Waals surface area contributed by atoms with Gasteiger partial charge in [-0.25, -0.2) is 8.42 Å². The molecule has 3 rings (SSSR count). The fraction of sp³-hybridized carbons (Fsp3) is 0.353. The van der Waals surface area contributed by atoms with Gasteiger partial charge in [0.1, 0.15) is 10.3 Å². The maximum atomic E-state index is 12.7. The number of benzene rings is 1. The second-order valence-corrected chi connectivity index (χ2v) is 10.1. The summed E-state index contributed by atoms with van der Waals surface area (Å²) in [6, 6.07) is 9.82. The van der Waals surface area contributed by atoms with Crippen molar-refractivity contribution in [3.05, 3.63) is 51.9 Å². The Labute approximate surface area is 162 Å². The lowest BCUT2D eigenvalue weighted by molar-refractivity contribution is -0.124. The zero-order chi connectivity index (χ0) is 18.9. The van der Waals surface area contributed by atoms with Crippen molar-refractivity contribution in [3.8, 4) is 0 Å². The molecule has 6 nitrogen and oxygen atoms in total. The number of halogens is 1. The van der Waals surface area contributed by atoms with Crippen molar-refractivity contribution in [1.29, 1.82) is 0 Å². The van der Waals surface area contributed by atoms with Crippen LogP contribution < -0.4 is 5.73 Å². The van der Waals surface area contributed by atoms with Crippen LogP contribution in [-0.4, -0.2) is 49.7 Å². The minimum Gasteiger partial charge on any atom is -0.368 e. The molecule has 1 aliphatic rings. The van der Waals surface area contributed by atoms with Crippen LogP contribution in [0.4, 0.5) is 0 Å². The van der Waals surface area contributed by atoms with Gasteiger partial charge in [0.15, 0.2) is 0 Å². The van der Waals surface area contributed by atoms with Gasteiger partial charge in [-0.05, 0) is 36.8 Å². The fourth-order valence-corrected chi connectivity index (χ4v) is 6.07. The monoisotopic (exact) mass is 413 g/mol. The molecule has 0 saturated carbocycles. The Balaban J connectivity index is 1.74. The van der Waals surface area contributed by atoms with Crippen LogP contribution >= 0.6 is 22.9 Å². The number of carbonyl (C=O) groups excluding carboxylic acids is 1. The molecular formula is C17H20ClN3O3S2. The number of rotatable bonds is 5. The first-order chi connectivity index (χ1) is 12.3. The third-order valence-electron chi connectivity index (χ3n) is 4.40. The molecule has 1 aromatic heterocycles. The Morgan fingerprint density at radius 3 is 2.23 bits per heavy atom. The summed E-state index contributed by atoms with van der Waals surface area (Å²) >= 11 is 7.18. The standard InChI is InChI=1S/C17H20ClN3O3S2/c1-12-2-7-15(25-12)26(23,24)21-10-8-20(9-11-21)16(17(19)22)13-3-5-14(18)6-4-13/h2-7,16H,8-11H2,1H3,(H2,19,22). The van der Waals surface area contributed by atoms with Gasteiger partial charge in [-0.15, -0.1) is 11.3 Å². The fourth-order valence-electron chi connectivity index (χ4n) is 3.08. The second kappa shape index (κ2) is 7.66. The minimum atomic E-state index is -3.49. The molecule has 1 atom stereocenters. The summed E-state index contributed by atoms with van der Waals surface area (Å²) in [7, 11) is -3.49. The van der Waals surface area contributed by atoms with E-state index in [4.69, 9.17) is 17.3 Å². The summed E-state index contributed by atoms with van der Waals surface area (Å²) in [5, 5.41) is 0.583. The van der Waals surface area contributed by atoms with Gasteiger partial charge >= 0.3 is 0 Å². The summed E-state index contributed by atoms with van der Waals surface area (Å²) in [6.07, 6.45) is 0. The van der Waals surface area contributed by atoms with Crippen molar-refractivity contribution in [2.24, 2.45) is 5.73 Å². The predicted molar refractivity (Wildman–Crippen MR) is 103 cm³/mol. The first kappa shape index (κ1) is 19.3. The van der Waals surface area contributed by atoms with Gasteiger partial charge in [0.05, 0.1) is 0 Å². The quantitative estimate of drug-likeness (QED) is 0.814. The van der Waals surface area contributed by atoms with Gasteiger partial charge in [0, 0.05) is 36.1 Å². The van der Waals surface area contributed by atoms with Crippen LogP contribution in [0, 0.1) is 6.92 Å². The maximum Gasteiger partial charge on any atom is 0.252 e. The topological polar surface area (TPSA) is 83.7 Å². The summed E-state index contributed by atoms with van der Waals surface area (Å²) in [6.45, 7) is 3.37. The summed E-state index contributed by atoms with van der Waals surface area (Å²) in [4.78, 5) is 14.9. The molecule has 1 unspecified atom stereocenters. The number of primary amides is 1. The largest absolute Gasteiger partial charge is 0.368 e. The number of nitrogens with two attached hydrogens (primary N) is 1. The van der Waals surface area contributed by atoms with E-state index in [9.17, 15) is 13.2 Å². The molecule has 2 N–H and O–H groups in total. The van der Waals surface area contributed by atoms with E-state index in [1.54, 1.807) is 36.4 Å². The van der Waals surface area contributed by atoms with E-state index in [1.165, 1.54) is 15.6 Å². The van der Waals surface area contributed by atoms with Crippen LogP contribution in [-0.2, 0) is 14.8 Å². The molecule has 0 bridgehead atoms. The third kappa shape index (κ3) is 3.94. The number of piperazine rings is 1. The number of carbonyl (C=O) groups is 1. The van der Waals surface area contributed by atoms with Crippen molar-refractivity contribution in [2.75, 3.05) is 26.2 Å². The van der Waals surface area contributed by atoms with E-state index in [0.29, 0.717) is 35.4 Å². The molecule has 0 aliphatic carbocycles. The molecule has 9 heteroatoms. The molecule has 0 spiro atoms. The van der Waals surface area contributed by atoms with E-state index < -0.39 is 22.0 Å². The molecule has 1 aliphatic heterocycles. The van der Waals surface area contributed by atoms with Gasteiger partial charge < -0.3 is 5.73 Å². The lowest BCUT2D eigenvalue weighted by Crippen LogP contribution is -2.51. The van der Waals surface area contributed by atoms with E-state index in [-0.39, 0.29) is 0 Å². The molecule has 0 radical (unpaired) electrons. The van der Waals surface area contributed by atoms with E-state index in [1.807, 2.05) is 11.8 Å². The van der Waals surface area contributed by atoms with Gasteiger partial charge in [-0.3, -0.25) is 9.69 Å². The zero-order valence-corrected chi connectivity index (χ0v) is 16.6. The second-order valence-electron chi connectivity index (χ2n) is 6.16. The average molecular weight is 414 g/mol. The minimum absolute atomic E-state index is 0.316. The molecule has 1 fully saturated rings. The van der Waals surface area contributed by atoms with E-state index in [0.717, 1.165) is 10.4 Å².